The van der Waals surface area contributed by atoms with Crippen LogP contribution in [0, 0.1) is 0 Å². The first-order valence-corrected chi connectivity index (χ1v) is 10.9. The fourth-order valence-corrected chi connectivity index (χ4v) is 3.80. The summed E-state index contributed by atoms with van der Waals surface area (Å²) >= 11 is 0. The molecule has 8 heteroatoms. The van der Waals surface area contributed by atoms with E-state index in [4.69, 9.17) is 15.1 Å². The number of amides is 2. The second-order valence-electron chi connectivity index (χ2n) is 7.96. The third-order valence-electron chi connectivity index (χ3n) is 5.46. The third kappa shape index (κ3) is 7.03. The molecule has 168 valence electrons. The molecule has 4 N–H and O–H groups in total. The van der Waals surface area contributed by atoms with E-state index >= 15 is 0 Å². The molecule has 1 saturated heterocycles. The Kier molecular flexibility index (Phi) is 8.35. The van der Waals surface area contributed by atoms with Crippen molar-refractivity contribution >= 4 is 12.0 Å². The molecule has 1 aromatic heterocycles. The van der Waals surface area contributed by atoms with Gasteiger partial charge in [-0.1, -0.05) is 24.3 Å². The van der Waals surface area contributed by atoms with Crippen molar-refractivity contribution in [3.05, 3.63) is 59.5 Å². The molecule has 0 saturated carbocycles. The summed E-state index contributed by atoms with van der Waals surface area (Å²) in [5.41, 5.74) is 7.84. The van der Waals surface area contributed by atoms with Crippen LogP contribution in [0.2, 0.25) is 0 Å². The van der Waals surface area contributed by atoms with Gasteiger partial charge in [0.05, 0.1) is 19.4 Å². The molecule has 1 aliphatic heterocycles. The summed E-state index contributed by atoms with van der Waals surface area (Å²) in [6.07, 6.45) is 3.43. The molecule has 0 atom stereocenters. The Bertz CT molecular complexity index is 844. The lowest BCUT2D eigenvalue weighted by atomic mass is 10.1. The van der Waals surface area contributed by atoms with Gasteiger partial charge in [-0.25, -0.2) is 9.79 Å². The molecule has 31 heavy (non-hydrogen) atoms. The van der Waals surface area contributed by atoms with Crippen LogP contribution in [0.1, 0.15) is 36.7 Å². The van der Waals surface area contributed by atoms with E-state index in [-0.39, 0.29) is 12.1 Å². The molecule has 0 bridgehead atoms. The van der Waals surface area contributed by atoms with Gasteiger partial charge in [0.25, 0.3) is 0 Å². The van der Waals surface area contributed by atoms with Crippen LogP contribution < -0.4 is 16.4 Å². The molecule has 1 fully saturated rings. The lowest BCUT2D eigenvalue weighted by Gasteiger charge is -2.32. The number of hydrogen-bond donors (Lipinski definition) is 3. The lowest BCUT2D eigenvalue weighted by molar-refractivity contribution is 0.188. The Morgan fingerprint density at radius 3 is 2.58 bits per heavy atom. The summed E-state index contributed by atoms with van der Waals surface area (Å²) in [6.45, 7) is 6.39. The van der Waals surface area contributed by atoms with Gasteiger partial charge in [0.1, 0.15) is 5.76 Å². The average molecular weight is 427 g/mol. The normalized spacial score (nSPS) is 15.3. The minimum absolute atomic E-state index is 0.281. The number of nitrogens with two attached hydrogens (primary N) is 1. The molecule has 1 aromatic carbocycles. The lowest BCUT2D eigenvalue weighted by Crippen LogP contribution is -2.50. The number of urea groups is 1. The van der Waals surface area contributed by atoms with Crippen molar-refractivity contribution in [2.75, 3.05) is 26.7 Å². The van der Waals surface area contributed by atoms with E-state index in [1.165, 1.54) is 11.1 Å². The number of carbonyl (C=O) groups excluding carboxylic acids is 1. The minimum Gasteiger partial charge on any atom is -0.468 e. The van der Waals surface area contributed by atoms with E-state index in [0.29, 0.717) is 19.6 Å². The summed E-state index contributed by atoms with van der Waals surface area (Å²) in [5, 5.41) is 6.85. The number of guanidine groups is 1. The van der Waals surface area contributed by atoms with Crippen molar-refractivity contribution in [1.29, 1.82) is 0 Å². The number of nitrogens with zero attached hydrogens (tertiary/aromatic N) is 3. The van der Waals surface area contributed by atoms with E-state index in [9.17, 15) is 4.79 Å². The number of rotatable bonds is 8. The van der Waals surface area contributed by atoms with Gasteiger partial charge in [0, 0.05) is 32.2 Å². The number of primary amides is 1. The molecule has 8 nitrogen and oxygen atoms in total. The smallest absolute Gasteiger partial charge is 0.314 e. The second kappa shape index (κ2) is 11.4. The largest absolute Gasteiger partial charge is 0.468 e. The number of furan rings is 1. The number of carbonyl (C=O) groups is 1. The van der Waals surface area contributed by atoms with Gasteiger partial charge >= 0.3 is 6.03 Å². The summed E-state index contributed by atoms with van der Waals surface area (Å²) in [4.78, 5) is 20.1. The molecule has 0 aliphatic carbocycles. The number of aliphatic imine (C=N–C) groups is 1. The van der Waals surface area contributed by atoms with E-state index < -0.39 is 0 Å². The van der Waals surface area contributed by atoms with Crippen LogP contribution in [0.5, 0.6) is 0 Å². The highest BCUT2D eigenvalue weighted by molar-refractivity contribution is 5.80. The van der Waals surface area contributed by atoms with Crippen molar-refractivity contribution in [3.63, 3.8) is 0 Å². The summed E-state index contributed by atoms with van der Waals surface area (Å²) in [7, 11) is 2.09. The summed E-state index contributed by atoms with van der Waals surface area (Å²) < 4.78 is 5.46. The zero-order valence-corrected chi connectivity index (χ0v) is 18.5. The number of likely N-dealkylation sites (tertiary alicyclic amines) is 1. The van der Waals surface area contributed by atoms with Crippen molar-refractivity contribution in [2.24, 2.45) is 10.7 Å². The zero-order valence-electron chi connectivity index (χ0n) is 18.5. The van der Waals surface area contributed by atoms with E-state index in [1.807, 2.05) is 12.1 Å². The van der Waals surface area contributed by atoms with Crippen molar-refractivity contribution in [3.8, 4) is 0 Å². The molecule has 0 radical (unpaired) electrons. The third-order valence-corrected chi connectivity index (χ3v) is 5.46. The Hall–Kier alpha value is -3.00. The molecule has 0 unspecified atom stereocenters. The average Bonchev–Trinajstić information content (AvgIpc) is 3.26. The van der Waals surface area contributed by atoms with Crippen molar-refractivity contribution in [2.45, 2.75) is 45.4 Å². The molecule has 2 heterocycles. The van der Waals surface area contributed by atoms with Crippen molar-refractivity contribution in [1.82, 2.24) is 20.4 Å². The van der Waals surface area contributed by atoms with Gasteiger partial charge in [-0.2, -0.15) is 0 Å². The summed E-state index contributed by atoms with van der Waals surface area (Å²) in [6, 6.07) is 12.3. The Morgan fingerprint density at radius 1 is 1.19 bits per heavy atom. The maximum Gasteiger partial charge on any atom is 0.314 e. The first kappa shape index (κ1) is 22.7. The highest BCUT2D eigenvalue weighted by Crippen LogP contribution is 2.15. The number of nitrogens with one attached hydrogen (secondary N) is 2. The van der Waals surface area contributed by atoms with Crippen LogP contribution in [0.15, 0.2) is 52.1 Å². The Balaban J connectivity index is 1.59. The van der Waals surface area contributed by atoms with Crippen LogP contribution in [-0.2, 0) is 19.6 Å². The molecule has 0 spiro atoms. The fourth-order valence-electron chi connectivity index (χ4n) is 3.80. The standard InChI is InChI=1S/C23H34N6O2/c1-3-25-23(27-20-10-12-29(13-11-20)22(24)30)26-15-18-7-4-5-8-19(18)16-28(2)17-21-9-6-14-31-21/h4-9,14,20H,3,10-13,15-17H2,1-2H3,(H2,24,30)(H2,25,26,27). The van der Waals surface area contributed by atoms with Gasteiger partial charge in [-0.3, -0.25) is 4.90 Å². The molecule has 2 amide bonds. The molecule has 2 aromatic rings. The van der Waals surface area contributed by atoms with Gasteiger partial charge in [-0.15, -0.1) is 0 Å². The van der Waals surface area contributed by atoms with E-state index in [1.54, 1.807) is 11.2 Å². The van der Waals surface area contributed by atoms with Gasteiger partial charge in [0.15, 0.2) is 5.96 Å². The van der Waals surface area contributed by atoms with Crippen LogP contribution >= 0.6 is 0 Å². The molecular formula is C23H34N6O2. The first-order valence-electron chi connectivity index (χ1n) is 10.9. The van der Waals surface area contributed by atoms with Crippen molar-refractivity contribution < 1.29 is 9.21 Å². The van der Waals surface area contributed by atoms with Crippen LogP contribution in [0.4, 0.5) is 4.79 Å². The van der Waals surface area contributed by atoms with Gasteiger partial charge < -0.3 is 25.7 Å². The quantitative estimate of drug-likeness (QED) is 0.445. The number of piperidine rings is 1. The predicted octanol–water partition coefficient (Wildman–Crippen LogP) is 2.51. The topological polar surface area (TPSA) is 99.1 Å². The maximum absolute atomic E-state index is 11.3. The summed E-state index contributed by atoms with van der Waals surface area (Å²) in [5.74, 6) is 1.76. The van der Waals surface area contributed by atoms with Crippen LogP contribution in [0.25, 0.3) is 0 Å². The first-order chi connectivity index (χ1) is 15.0. The van der Waals surface area contributed by atoms with Crippen LogP contribution in [0.3, 0.4) is 0 Å². The fraction of sp³-hybridized carbons (Fsp3) is 0.478. The zero-order chi connectivity index (χ0) is 22.1. The minimum atomic E-state index is -0.340. The van der Waals surface area contributed by atoms with Gasteiger partial charge in [0.2, 0.25) is 0 Å². The predicted molar refractivity (Wildman–Crippen MR) is 122 cm³/mol. The van der Waals surface area contributed by atoms with Gasteiger partial charge in [-0.05, 0) is 50.1 Å². The molecule has 3 rings (SSSR count). The Labute approximate surface area is 184 Å². The number of benzene rings is 1. The highest BCUT2D eigenvalue weighted by Gasteiger charge is 2.21. The van der Waals surface area contributed by atoms with Crippen LogP contribution in [-0.4, -0.2) is 54.5 Å². The molecular weight excluding hydrogens is 392 g/mol. The van der Waals surface area contributed by atoms with E-state index in [2.05, 4.69) is 53.8 Å². The number of hydrogen-bond acceptors (Lipinski definition) is 4. The second-order valence-corrected chi connectivity index (χ2v) is 7.96. The SMILES string of the molecule is CCNC(=NCc1ccccc1CN(C)Cc1ccco1)NC1CCN(C(N)=O)CC1. The highest BCUT2D eigenvalue weighted by atomic mass is 16.3. The Morgan fingerprint density at radius 2 is 1.94 bits per heavy atom. The molecule has 1 aliphatic rings. The maximum atomic E-state index is 11.3. The monoisotopic (exact) mass is 426 g/mol. The van der Waals surface area contributed by atoms with E-state index in [0.717, 1.165) is 44.2 Å².